The highest BCUT2D eigenvalue weighted by molar-refractivity contribution is 6.05. The van der Waals surface area contributed by atoms with E-state index in [9.17, 15) is 0 Å². The Kier molecular flexibility index (Phi) is 1.90. The highest BCUT2D eigenvalue weighted by Crippen LogP contribution is 2.25. The first-order chi connectivity index (χ1) is 7.75. The van der Waals surface area contributed by atoms with Crippen LogP contribution in [0.3, 0.4) is 0 Å². The number of hydrogen-bond donors (Lipinski definition) is 0. The van der Waals surface area contributed by atoms with Gasteiger partial charge in [-0.2, -0.15) is 0 Å². The molecule has 3 rings (SSSR count). The molecule has 0 saturated heterocycles. The number of fused-ring (bicyclic) bond motifs is 3. The van der Waals surface area contributed by atoms with Crippen LogP contribution in [0.2, 0.25) is 0 Å². The van der Waals surface area contributed by atoms with E-state index in [0.29, 0.717) is 0 Å². The lowest BCUT2D eigenvalue weighted by atomic mass is 10.0. The summed E-state index contributed by atoms with van der Waals surface area (Å²) in [6.07, 6.45) is 3.78. The number of nitrogens with zero attached hydrogens (tertiary/aromatic N) is 2. The van der Waals surface area contributed by atoms with Gasteiger partial charge in [0.25, 0.3) is 0 Å². The van der Waals surface area contributed by atoms with Gasteiger partial charge in [-0.05, 0) is 31.5 Å². The van der Waals surface area contributed by atoms with E-state index in [1.165, 1.54) is 16.3 Å². The van der Waals surface area contributed by atoms with E-state index < -0.39 is 0 Å². The monoisotopic (exact) mass is 208 g/mol. The molecule has 0 fully saturated rings. The van der Waals surface area contributed by atoms with Gasteiger partial charge in [0.2, 0.25) is 0 Å². The molecule has 0 saturated carbocycles. The Morgan fingerprint density at radius 3 is 2.69 bits per heavy atom. The predicted molar refractivity (Wildman–Crippen MR) is 66.5 cm³/mol. The van der Waals surface area contributed by atoms with Crippen molar-refractivity contribution in [2.24, 2.45) is 0 Å². The summed E-state index contributed by atoms with van der Waals surface area (Å²) in [6, 6.07) is 8.38. The Morgan fingerprint density at radius 2 is 1.81 bits per heavy atom. The van der Waals surface area contributed by atoms with Crippen molar-refractivity contribution in [3.05, 3.63) is 47.9 Å². The maximum atomic E-state index is 4.48. The minimum Gasteiger partial charge on any atom is -0.261 e. The van der Waals surface area contributed by atoms with Crippen molar-refractivity contribution in [3.63, 3.8) is 0 Å². The van der Waals surface area contributed by atoms with Crippen LogP contribution in [0.4, 0.5) is 0 Å². The number of aromatic nitrogens is 2. The third-order valence-corrected chi connectivity index (χ3v) is 2.96. The number of rotatable bonds is 0. The lowest BCUT2D eigenvalue weighted by Gasteiger charge is -2.05. The molecule has 0 aliphatic heterocycles. The molecule has 0 unspecified atom stereocenters. The average molecular weight is 208 g/mol. The fourth-order valence-corrected chi connectivity index (χ4v) is 2.08. The Balaban J connectivity index is 2.58. The number of benzene rings is 1. The van der Waals surface area contributed by atoms with E-state index >= 15 is 0 Å². The van der Waals surface area contributed by atoms with Crippen molar-refractivity contribution in [1.82, 2.24) is 9.97 Å². The zero-order valence-electron chi connectivity index (χ0n) is 9.36. The molecule has 16 heavy (non-hydrogen) atoms. The van der Waals surface area contributed by atoms with E-state index in [0.717, 1.165) is 16.6 Å². The smallest absolute Gasteiger partial charge is 0.0784 e. The molecule has 3 aromatic rings. The van der Waals surface area contributed by atoms with Crippen LogP contribution in [0.15, 0.2) is 36.7 Å². The lowest BCUT2D eigenvalue weighted by Crippen LogP contribution is -1.87. The zero-order valence-corrected chi connectivity index (χ0v) is 9.36. The lowest BCUT2D eigenvalue weighted by molar-refractivity contribution is 1.22. The normalized spacial score (nSPS) is 11.1. The summed E-state index contributed by atoms with van der Waals surface area (Å²) in [5, 5.41) is 3.56. The summed E-state index contributed by atoms with van der Waals surface area (Å²) >= 11 is 0. The molecule has 0 N–H and O–H groups in total. The molecule has 0 aliphatic rings. The van der Waals surface area contributed by atoms with Crippen LogP contribution in [-0.2, 0) is 0 Å². The van der Waals surface area contributed by atoms with Gasteiger partial charge < -0.3 is 0 Å². The quantitative estimate of drug-likeness (QED) is 0.529. The van der Waals surface area contributed by atoms with Crippen LogP contribution in [-0.4, -0.2) is 9.97 Å². The number of hydrogen-bond acceptors (Lipinski definition) is 2. The molecular weight excluding hydrogens is 196 g/mol. The van der Waals surface area contributed by atoms with Crippen molar-refractivity contribution in [2.75, 3.05) is 0 Å². The van der Waals surface area contributed by atoms with E-state index in [1.807, 2.05) is 25.4 Å². The molecule has 0 atom stereocenters. The molecule has 0 radical (unpaired) electrons. The highest BCUT2D eigenvalue weighted by Gasteiger charge is 2.03. The van der Waals surface area contributed by atoms with E-state index in [4.69, 9.17) is 0 Å². The summed E-state index contributed by atoms with van der Waals surface area (Å²) < 4.78 is 0. The highest BCUT2D eigenvalue weighted by atomic mass is 14.7. The first-order valence-corrected chi connectivity index (χ1v) is 5.36. The first kappa shape index (κ1) is 9.28. The summed E-state index contributed by atoms with van der Waals surface area (Å²) in [7, 11) is 0. The van der Waals surface area contributed by atoms with E-state index in [-0.39, 0.29) is 0 Å². The van der Waals surface area contributed by atoms with E-state index in [2.05, 4.69) is 35.1 Å². The second-order valence-corrected chi connectivity index (χ2v) is 4.14. The molecule has 0 aliphatic carbocycles. The van der Waals surface area contributed by atoms with Crippen LogP contribution in [0.1, 0.15) is 11.3 Å². The average Bonchev–Trinajstić information content (AvgIpc) is 2.29. The van der Waals surface area contributed by atoms with Crippen molar-refractivity contribution < 1.29 is 0 Å². The fraction of sp³-hybridized carbons (Fsp3) is 0.143. The Morgan fingerprint density at radius 1 is 0.938 bits per heavy atom. The van der Waals surface area contributed by atoms with Gasteiger partial charge in [0, 0.05) is 34.2 Å². The van der Waals surface area contributed by atoms with Crippen LogP contribution in [0.5, 0.6) is 0 Å². The summed E-state index contributed by atoms with van der Waals surface area (Å²) in [6.45, 7) is 4.12. The fourth-order valence-electron chi connectivity index (χ4n) is 2.08. The predicted octanol–water partition coefficient (Wildman–Crippen LogP) is 3.40. The van der Waals surface area contributed by atoms with Gasteiger partial charge in [-0.1, -0.05) is 12.1 Å². The molecule has 2 nitrogen and oxygen atoms in total. The third kappa shape index (κ3) is 1.27. The van der Waals surface area contributed by atoms with E-state index in [1.54, 1.807) is 0 Å². The molecule has 0 bridgehead atoms. The molecular formula is C14H12N2. The standard InChI is InChI=1S/C14H12N2/c1-9-5-6-15-14-12(9)4-3-11-8-16-10(2)7-13(11)14/h3-8H,1-2H3. The minimum atomic E-state index is 1.03. The third-order valence-electron chi connectivity index (χ3n) is 2.96. The summed E-state index contributed by atoms with van der Waals surface area (Å²) in [4.78, 5) is 8.79. The van der Waals surface area contributed by atoms with Gasteiger partial charge in [0.05, 0.1) is 5.52 Å². The van der Waals surface area contributed by atoms with Gasteiger partial charge in [-0.25, -0.2) is 0 Å². The van der Waals surface area contributed by atoms with Crippen LogP contribution < -0.4 is 0 Å². The van der Waals surface area contributed by atoms with Gasteiger partial charge in [0.15, 0.2) is 0 Å². The number of aryl methyl sites for hydroxylation is 2. The minimum absolute atomic E-state index is 1.03. The SMILES string of the molecule is Cc1cc2c(ccc3c(C)ccnc32)cn1. The van der Waals surface area contributed by atoms with Gasteiger partial charge in [0.1, 0.15) is 0 Å². The van der Waals surface area contributed by atoms with Crippen molar-refractivity contribution in [1.29, 1.82) is 0 Å². The number of pyridine rings is 2. The molecule has 2 heterocycles. The second-order valence-electron chi connectivity index (χ2n) is 4.14. The van der Waals surface area contributed by atoms with Crippen LogP contribution in [0, 0.1) is 13.8 Å². The second kappa shape index (κ2) is 3.27. The molecule has 78 valence electrons. The first-order valence-electron chi connectivity index (χ1n) is 5.36. The summed E-state index contributed by atoms with van der Waals surface area (Å²) in [5.74, 6) is 0. The molecule has 1 aromatic carbocycles. The van der Waals surface area contributed by atoms with Crippen LogP contribution in [0.25, 0.3) is 21.7 Å². The topological polar surface area (TPSA) is 25.8 Å². The molecule has 2 heteroatoms. The molecule has 0 amide bonds. The molecule has 2 aromatic heterocycles. The Hall–Kier alpha value is -1.96. The molecule has 0 spiro atoms. The van der Waals surface area contributed by atoms with Crippen molar-refractivity contribution in [2.45, 2.75) is 13.8 Å². The van der Waals surface area contributed by atoms with Gasteiger partial charge in [-0.3, -0.25) is 9.97 Å². The van der Waals surface area contributed by atoms with Gasteiger partial charge in [-0.15, -0.1) is 0 Å². The maximum Gasteiger partial charge on any atom is 0.0784 e. The Bertz CT molecular complexity index is 687. The van der Waals surface area contributed by atoms with Crippen molar-refractivity contribution in [3.8, 4) is 0 Å². The summed E-state index contributed by atoms with van der Waals surface area (Å²) in [5.41, 5.74) is 3.37. The van der Waals surface area contributed by atoms with Gasteiger partial charge >= 0.3 is 0 Å². The van der Waals surface area contributed by atoms with Crippen molar-refractivity contribution >= 4 is 21.7 Å². The van der Waals surface area contributed by atoms with Crippen LogP contribution >= 0.6 is 0 Å². The zero-order chi connectivity index (χ0) is 11.1. The largest absolute Gasteiger partial charge is 0.261 e. The Labute approximate surface area is 94.0 Å². The maximum absolute atomic E-state index is 4.48.